The van der Waals surface area contributed by atoms with E-state index in [0.717, 1.165) is 17.1 Å². The maximum Gasteiger partial charge on any atom is 0.275 e. The van der Waals surface area contributed by atoms with Gasteiger partial charge in [0.15, 0.2) is 5.13 Å². The monoisotopic (exact) mass is 355 g/mol. The molecule has 1 aromatic carbocycles. The summed E-state index contributed by atoms with van der Waals surface area (Å²) < 4.78 is 5.09. The molecular formula is C17H17N5O2S. The molecule has 128 valence electrons. The summed E-state index contributed by atoms with van der Waals surface area (Å²) in [6.45, 7) is 3.80. The van der Waals surface area contributed by atoms with Gasteiger partial charge in [0.05, 0.1) is 7.11 Å². The summed E-state index contributed by atoms with van der Waals surface area (Å²) in [4.78, 5) is 25.2. The summed E-state index contributed by atoms with van der Waals surface area (Å²) in [5, 5.41) is 8.07. The van der Waals surface area contributed by atoms with E-state index in [-0.39, 0.29) is 5.91 Å². The van der Waals surface area contributed by atoms with Gasteiger partial charge in [-0.05, 0) is 44.2 Å². The van der Waals surface area contributed by atoms with E-state index in [2.05, 4.69) is 25.6 Å². The van der Waals surface area contributed by atoms with Crippen molar-refractivity contribution in [1.82, 2.24) is 15.0 Å². The summed E-state index contributed by atoms with van der Waals surface area (Å²) in [6, 6.07) is 8.99. The number of anilines is 3. The molecule has 3 aromatic rings. The zero-order valence-corrected chi connectivity index (χ0v) is 14.8. The summed E-state index contributed by atoms with van der Waals surface area (Å²) in [6.07, 6.45) is 0. The molecule has 0 saturated carbocycles. The van der Waals surface area contributed by atoms with Crippen molar-refractivity contribution in [2.75, 3.05) is 17.7 Å². The molecule has 0 fully saturated rings. The lowest BCUT2D eigenvalue weighted by atomic mass is 10.3. The van der Waals surface area contributed by atoms with E-state index in [1.54, 1.807) is 36.8 Å². The Labute approximate surface area is 149 Å². The lowest BCUT2D eigenvalue weighted by Gasteiger charge is -2.05. The lowest BCUT2D eigenvalue weighted by molar-refractivity contribution is 0.102. The largest absolute Gasteiger partial charge is 0.497 e. The highest BCUT2D eigenvalue weighted by molar-refractivity contribution is 7.14. The number of aryl methyl sites for hydroxylation is 2. The molecule has 0 aliphatic carbocycles. The van der Waals surface area contributed by atoms with Crippen molar-refractivity contribution in [1.29, 1.82) is 0 Å². The second kappa shape index (κ2) is 7.27. The van der Waals surface area contributed by atoms with Gasteiger partial charge >= 0.3 is 0 Å². The predicted molar refractivity (Wildman–Crippen MR) is 97.8 cm³/mol. The number of nitrogens with zero attached hydrogens (tertiary/aromatic N) is 3. The Kier molecular flexibility index (Phi) is 4.90. The summed E-state index contributed by atoms with van der Waals surface area (Å²) in [7, 11) is 1.59. The van der Waals surface area contributed by atoms with Crippen LogP contribution in [0, 0.1) is 13.8 Å². The average Bonchev–Trinajstić information content (AvgIpc) is 3.03. The maximum absolute atomic E-state index is 12.3. The van der Waals surface area contributed by atoms with Crippen LogP contribution < -0.4 is 15.4 Å². The van der Waals surface area contributed by atoms with Crippen LogP contribution in [0.5, 0.6) is 5.75 Å². The molecule has 3 rings (SSSR count). The molecule has 0 atom stereocenters. The number of methoxy groups -OCH3 is 1. The van der Waals surface area contributed by atoms with Gasteiger partial charge in [-0.2, -0.15) is 0 Å². The molecule has 8 heteroatoms. The van der Waals surface area contributed by atoms with Gasteiger partial charge in [0.25, 0.3) is 5.91 Å². The van der Waals surface area contributed by atoms with Crippen LogP contribution in [0.4, 0.5) is 16.8 Å². The first-order chi connectivity index (χ1) is 12.0. The quantitative estimate of drug-likeness (QED) is 0.727. The van der Waals surface area contributed by atoms with Gasteiger partial charge in [0, 0.05) is 22.5 Å². The van der Waals surface area contributed by atoms with Gasteiger partial charge in [-0.1, -0.05) is 0 Å². The number of ether oxygens (including phenoxy) is 1. The Morgan fingerprint density at radius 3 is 2.40 bits per heavy atom. The molecule has 25 heavy (non-hydrogen) atoms. The molecule has 0 saturated heterocycles. The van der Waals surface area contributed by atoms with E-state index in [1.165, 1.54) is 11.3 Å². The number of hydrogen-bond acceptors (Lipinski definition) is 7. The molecule has 2 aromatic heterocycles. The van der Waals surface area contributed by atoms with Crippen LogP contribution in [0.2, 0.25) is 0 Å². The van der Waals surface area contributed by atoms with E-state index in [4.69, 9.17) is 4.74 Å². The Bertz CT molecular complexity index is 872. The highest BCUT2D eigenvalue weighted by atomic mass is 32.1. The number of thiazole rings is 1. The van der Waals surface area contributed by atoms with Crippen molar-refractivity contribution in [3.63, 3.8) is 0 Å². The van der Waals surface area contributed by atoms with E-state index in [9.17, 15) is 4.79 Å². The minimum atomic E-state index is -0.282. The number of benzene rings is 1. The SMILES string of the molecule is COc1ccc(NC(=O)c2csc(Nc3nc(C)cc(C)n3)n2)cc1. The van der Waals surface area contributed by atoms with Gasteiger partial charge in [-0.3, -0.25) is 4.79 Å². The average molecular weight is 355 g/mol. The van der Waals surface area contributed by atoms with Crippen molar-refractivity contribution in [3.8, 4) is 5.75 Å². The minimum absolute atomic E-state index is 0.282. The van der Waals surface area contributed by atoms with Gasteiger partial charge in [-0.25, -0.2) is 15.0 Å². The Morgan fingerprint density at radius 1 is 1.08 bits per heavy atom. The fourth-order valence-corrected chi connectivity index (χ4v) is 2.87. The molecular weight excluding hydrogens is 338 g/mol. The van der Waals surface area contributed by atoms with Crippen LogP contribution in [0.25, 0.3) is 0 Å². The smallest absolute Gasteiger partial charge is 0.275 e. The van der Waals surface area contributed by atoms with E-state index >= 15 is 0 Å². The van der Waals surface area contributed by atoms with Crippen LogP contribution in [0.15, 0.2) is 35.7 Å². The number of carbonyl (C=O) groups is 1. The van der Waals surface area contributed by atoms with Crippen LogP contribution in [-0.2, 0) is 0 Å². The Hall–Kier alpha value is -3.00. The molecule has 7 nitrogen and oxygen atoms in total. The summed E-state index contributed by atoms with van der Waals surface area (Å²) in [5.74, 6) is 0.913. The van der Waals surface area contributed by atoms with E-state index < -0.39 is 0 Å². The topological polar surface area (TPSA) is 89.0 Å². The third kappa shape index (κ3) is 4.30. The number of hydrogen-bond donors (Lipinski definition) is 2. The third-order valence-electron chi connectivity index (χ3n) is 3.29. The van der Waals surface area contributed by atoms with Gasteiger partial charge < -0.3 is 15.4 Å². The summed E-state index contributed by atoms with van der Waals surface area (Å²) >= 11 is 1.32. The Balaban J connectivity index is 1.68. The first-order valence-corrected chi connectivity index (χ1v) is 8.42. The fourth-order valence-electron chi connectivity index (χ4n) is 2.18. The number of nitrogens with one attached hydrogen (secondary N) is 2. The second-order valence-corrected chi connectivity index (χ2v) is 6.18. The minimum Gasteiger partial charge on any atom is -0.497 e. The molecule has 0 bridgehead atoms. The van der Waals surface area contributed by atoms with Crippen LogP contribution >= 0.6 is 11.3 Å². The highest BCUT2D eigenvalue weighted by Gasteiger charge is 2.12. The standard InChI is InChI=1S/C17H17N5O2S/c1-10-8-11(2)19-16(18-10)22-17-21-14(9-25-17)15(23)20-12-4-6-13(24-3)7-5-12/h4-9H,1-3H3,(H,20,23)(H,18,19,21,22). The first kappa shape index (κ1) is 16.8. The highest BCUT2D eigenvalue weighted by Crippen LogP contribution is 2.21. The van der Waals surface area contributed by atoms with Crippen molar-refractivity contribution in [2.24, 2.45) is 0 Å². The van der Waals surface area contributed by atoms with Gasteiger partial charge in [-0.15, -0.1) is 11.3 Å². The van der Waals surface area contributed by atoms with Crippen molar-refractivity contribution >= 4 is 34.0 Å². The molecule has 2 N–H and O–H groups in total. The van der Waals surface area contributed by atoms with E-state index in [0.29, 0.717) is 22.5 Å². The van der Waals surface area contributed by atoms with Crippen LogP contribution in [-0.4, -0.2) is 28.0 Å². The molecule has 0 aliphatic heterocycles. The molecule has 0 unspecified atom stereocenters. The van der Waals surface area contributed by atoms with Gasteiger partial charge in [0.1, 0.15) is 11.4 Å². The zero-order valence-electron chi connectivity index (χ0n) is 14.0. The van der Waals surface area contributed by atoms with Gasteiger partial charge in [0.2, 0.25) is 5.95 Å². The molecule has 2 heterocycles. The third-order valence-corrected chi connectivity index (χ3v) is 4.04. The molecule has 0 spiro atoms. The zero-order chi connectivity index (χ0) is 17.8. The second-order valence-electron chi connectivity index (χ2n) is 5.32. The molecule has 0 radical (unpaired) electrons. The van der Waals surface area contributed by atoms with Crippen LogP contribution in [0.3, 0.4) is 0 Å². The molecule has 0 aliphatic rings. The number of rotatable bonds is 5. The first-order valence-electron chi connectivity index (χ1n) is 7.54. The van der Waals surface area contributed by atoms with Crippen molar-refractivity contribution < 1.29 is 9.53 Å². The van der Waals surface area contributed by atoms with Crippen molar-refractivity contribution in [2.45, 2.75) is 13.8 Å². The molecule has 1 amide bonds. The lowest BCUT2D eigenvalue weighted by Crippen LogP contribution is -2.12. The van der Waals surface area contributed by atoms with Crippen molar-refractivity contribution in [3.05, 3.63) is 52.8 Å². The maximum atomic E-state index is 12.3. The number of carbonyl (C=O) groups excluding carboxylic acids is 1. The number of aromatic nitrogens is 3. The Morgan fingerprint density at radius 2 is 1.76 bits per heavy atom. The van der Waals surface area contributed by atoms with Crippen LogP contribution in [0.1, 0.15) is 21.9 Å². The normalized spacial score (nSPS) is 10.4. The predicted octanol–water partition coefficient (Wildman–Crippen LogP) is 3.55. The van der Waals surface area contributed by atoms with E-state index in [1.807, 2.05) is 19.9 Å². The summed E-state index contributed by atoms with van der Waals surface area (Å²) in [5.41, 5.74) is 2.73. The fraction of sp³-hybridized carbons (Fsp3) is 0.176. The number of amides is 1.